The summed E-state index contributed by atoms with van der Waals surface area (Å²) in [5.41, 5.74) is 2.51. The van der Waals surface area contributed by atoms with Gasteiger partial charge in [-0.15, -0.1) is 0 Å². The Morgan fingerprint density at radius 3 is 1.55 bits per heavy atom. The molecule has 0 unspecified atom stereocenters. The summed E-state index contributed by atoms with van der Waals surface area (Å²) < 4.78 is 0. The molecule has 1 saturated carbocycles. The number of phenolic OH excluding ortho intramolecular Hbond substituents is 2. The third-order valence-corrected chi connectivity index (χ3v) is 5.04. The quantitative estimate of drug-likeness (QED) is 0.831. The molecule has 0 aliphatic heterocycles. The highest BCUT2D eigenvalue weighted by molar-refractivity contribution is 5.38. The Morgan fingerprint density at radius 2 is 1.14 bits per heavy atom. The highest BCUT2D eigenvalue weighted by Gasteiger charge is 2.28. The smallest absolute Gasteiger partial charge is 0.115 e. The summed E-state index contributed by atoms with van der Waals surface area (Å²) in [7, 11) is 0. The lowest BCUT2D eigenvalue weighted by molar-refractivity contribution is 0.269. The zero-order chi connectivity index (χ0) is 15.5. The third-order valence-electron chi connectivity index (χ3n) is 5.04. The van der Waals surface area contributed by atoms with Gasteiger partial charge in [-0.3, -0.25) is 0 Å². The predicted octanol–water partition coefficient (Wildman–Crippen LogP) is 5.06. The minimum atomic E-state index is 0.311. The van der Waals surface area contributed by atoms with E-state index in [9.17, 15) is 10.2 Å². The molecule has 0 heterocycles. The zero-order valence-corrected chi connectivity index (χ0v) is 13.1. The predicted molar refractivity (Wildman–Crippen MR) is 89.2 cm³/mol. The zero-order valence-electron chi connectivity index (χ0n) is 13.1. The van der Waals surface area contributed by atoms with Gasteiger partial charge in [0.2, 0.25) is 0 Å². The fourth-order valence-corrected chi connectivity index (χ4v) is 3.72. The molecule has 0 spiro atoms. The topological polar surface area (TPSA) is 40.5 Å². The molecule has 0 amide bonds. The molecule has 1 aliphatic rings. The van der Waals surface area contributed by atoms with Crippen LogP contribution in [0.25, 0.3) is 0 Å². The molecule has 3 rings (SSSR count). The molecule has 22 heavy (non-hydrogen) atoms. The van der Waals surface area contributed by atoms with Crippen LogP contribution >= 0.6 is 0 Å². The van der Waals surface area contributed by atoms with Crippen LogP contribution in [0, 0.1) is 11.8 Å². The molecule has 1 aliphatic carbocycles. The highest BCUT2D eigenvalue weighted by atomic mass is 16.3. The van der Waals surface area contributed by atoms with Crippen molar-refractivity contribution in [3.8, 4) is 11.5 Å². The number of hydrogen-bond donors (Lipinski definition) is 2. The van der Waals surface area contributed by atoms with Crippen molar-refractivity contribution in [2.75, 3.05) is 0 Å². The van der Waals surface area contributed by atoms with Crippen molar-refractivity contribution in [1.29, 1.82) is 0 Å². The summed E-state index contributed by atoms with van der Waals surface area (Å²) in [5, 5.41) is 19.1. The van der Waals surface area contributed by atoms with Crippen LogP contribution in [0.15, 0.2) is 48.5 Å². The maximum Gasteiger partial charge on any atom is 0.115 e. The molecule has 0 aromatic heterocycles. The summed E-state index contributed by atoms with van der Waals surface area (Å²) in [6.45, 7) is 2.34. The lowest BCUT2D eigenvalue weighted by Gasteiger charge is -2.33. The normalized spacial score (nSPS) is 21.9. The van der Waals surface area contributed by atoms with E-state index >= 15 is 0 Å². The second-order valence-corrected chi connectivity index (χ2v) is 6.68. The standard InChI is InChI=1S/C20H24O2/c1-14-2-4-15(5-3-14)20(16-6-10-18(21)11-7-16)17-8-12-19(22)13-9-17/h6-15,20-22H,2-5H2,1H3. The Kier molecular flexibility index (Phi) is 4.37. The average molecular weight is 296 g/mol. The van der Waals surface area contributed by atoms with Crippen molar-refractivity contribution in [2.24, 2.45) is 11.8 Å². The maximum absolute atomic E-state index is 9.56. The van der Waals surface area contributed by atoms with E-state index in [1.54, 1.807) is 24.3 Å². The molecule has 116 valence electrons. The van der Waals surface area contributed by atoms with Gasteiger partial charge in [0.05, 0.1) is 0 Å². The van der Waals surface area contributed by atoms with Crippen molar-refractivity contribution in [2.45, 2.75) is 38.5 Å². The molecule has 2 N–H and O–H groups in total. The number of hydrogen-bond acceptors (Lipinski definition) is 2. The first-order valence-electron chi connectivity index (χ1n) is 8.21. The minimum absolute atomic E-state index is 0.311. The van der Waals surface area contributed by atoms with Gasteiger partial charge in [0.25, 0.3) is 0 Å². The van der Waals surface area contributed by atoms with E-state index < -0.39 is 0 Å². The van der Waals surface area contributed by atoms with Crippen LogP contribution in [0.4, 0.5) is 0 Å². The summed E-state index contributed by atoms with van der Waals surface area (Å²) in [6, 6.07) is 15.2. The summed E-state index contributed by atoms with van der Waals surface area (Å²) in [6.07, 6.45) is 5.07. The van der Waals surface area contributed by atoms with Crippen molar-refractivity contribution < 1.29 is 10.2 Å². The summed E-state index contributed by atoms with van der Waals surface area (Å²) in [4.78, 5) is 0. The average Bonchev–Trinajstić information content (AvgIpc) is 2.53. The van der Waals surface area contributed by atoms with Gasteiger partial charge in [-0.05, 0) is 60.1 Å². The molecule has 0 bridgehead atoms. The van der Waals surface area contributed by atoms with Gasteiger partial charge in [0.15, 0.2) is 0 Å². The Balaban J connectivity index is 1.94. The lowest BCUT2D eigenvalue weighted by Crippen LogP contribution is -2.20. The first-order chi connectivity index (χ1) is 10.6. The second-order valence-electron chi connectivity index (χ2n) is 6.68. The van der Waals surface area contributed by atoms with Gasteiger partial charge in [-0.2, -0.15) is 0 Å². The fourth-order valence-electron chi connectivity index (χ4n) is 3.72. The van der Waals surface area contributed by atoms with Crippen LogP contribution in [-0.4, -0.2) is 10.2 Å². The van der Waals surface area contributed by atoms with E-state index in [0.29, 0.717) is 23.3 Å². The van der Waals surface area contributed by atoms with Crippen molar-refractivity contribution in [3.63, 3.8) is 0 Å². The number of benzene rings is 2. The first kappa shape index (κ1) is 15.0. The van der Waals surface area contributed by atoms with Gasteiger partial charge < -0.3 is 10.2 Å². The lowest BCUT2D eigenvalue weighted by atomic mass is 9.71. The van der Waals surface area contributed by atoms with Crippen LogP contribution in [0.3, 0.4) is 0 Å². The molecule has 2 aromatic rings. The Bertz CT molecular complexity index is 547. The van der Waals surface area contributed by atoms with Crippen LogP contribution in [-0.2, 0) is 0 Å². The van der Waals surface area contributed by atoms with Crippen molar-refractivity contribution in [1.82, 2.24) is 0 Å². The Morgan fingerprint density at radius 1 is 0.727 bits per heavy atom. The molecular formula is C20H24O2. The van der Waals surface area contributed by atoms with E-state index in [1.807, 2.05) is 24.3 Å². The monoisotopic (exact) mass is 296 g/mol. The van der Waals surface area contributed by atoms with E-state index in [0.717, 1.165) is 5.92 Å². The van der Waals surface area contributed by atoms with Crippen molar-refractivity contribution in [3.05, 3.63) is 59.7 Å². The van der Waals surface area contributed by atoms with Gasteiger partial charge in [0.1, 0.15) is 11.5 Å². The first-order valence-corrected chi connectivity index (χ1v) is 8.21. The molecule has 0 atom stereocenters. The SMILES string of the molecule is CC1CCC(C(c2ccc(O)cc2)c2ccc(O)cc2)CC1. The van der Waals surface area contributed by atoms with Crippen molar-refractivity contribution >= 4 is 0 Å². The van der Waals surface area contributed by atoms with Gasteiger partial charge in [0, 0.05) is 5.92 Å². The number of phenols is 2. The molecule has 2 heteroatoms. The van der Waals surface area contributed by atoms with Gasteiger partial charge in [-0.1, -0.05) is 44.0 Å². The molecule has 2 aromatic carbocycles. The van der Waals surface area contributed by atoms with E-state index in [1.165, 1.54) is 36.8 Å². The van der Waals surface area contributed by atoms with E-state index in [4.69, 9.17) is 0 Å². The van der Waals surface area contributed by atoms with E-state index in [2.05, 4.69) is 6.92 Å². The molecular weight excluding hydrogens is 272 g/mol. The second kappa shape index (κ2) is 6.43. The molecule has 0 saturated heterocycles. The summed E-state index contributed by atoms with van der Waals surface area (Å²) >= 11 is 0. The molecule has 2 nitrogen and oxygen atoms in total. The number of aromatic hydroxyl groups is 2. The van der Waals surface area contributed by atoms with Crippen LogP contribution in [0.1, 0.15) is 49.7 Å². The fraction of sp³-hybridized carbons (Fsp3) is 0.400. The maximum atomic E-state index is 9.56. The van der Waals surface area contributed by atoms with Crippen LogP contribution in [0.5, 0.6) is 11.5 Å². The van der Waals surface area contributed by atoms with Gasteiger partial charge >= 0.3 is 0 Å². The summed E-state index contributed by atoms with van der Waals surface area (Å²) in [5.74, 6) is 2.42. The van der Waals surface area contributed by atoms with Gasteiger partial charge in [-0.25, -0.2) is 0 Å². The molecule has 1 fully saturated rings. The number of rotatable bonds is 3. The largest absolute Gasteiger partial charge is 0.508 e. The van der Waals surface area contributed by atoms with Crippen LogP contribution in [0.2, 0.25) is 0 Å². The molecule has 0 radical (unpaired) electrons. The third kappa shape index (κ3) is 3.27. The van der Waals surface area contributed by atoms with Crippen LogP contribution < -0.4 is 0 Å². The Hall–Kier alpha value is -1.96. The minimum Gasteiger partial charge on any atom is -0.508 e. The highest BCUT2D eigenvalue weighted by Crippen LogP contribution is 2.42. The Labute approximate surface area is 132 Å². The van der Waals surface area contributed by atoms with E-state index in [-0.39, 0.29) is 0 Å².